The quantitative estimate of drug-likeness (QED) is 0.390. The van der Waals surface area contributed by atoms with Crippen LogP contribution in [0.4, 0.5) is 4.79 Å². The summed E-state index contributed by atoms with van der Waals surface area (Å²) in [5, 5.41) is 2.45. The van der Waals surface area contributed by atoms with Gasteiger partial charge in [-0.3, -0.25) is 9.69 Å². The fraction of sp³-hybridized carbons (Fsp3) is 0.500. The maximum absolute atomic E-state index is 11.0. The number of nitrogens with zero attached hydrogens (tertiary/aromatic N) is 1. The first-order valence-corrected chi connectivity index (χ1v) is 5.00. The van der Waals surface area contributed by atoms with E-state index in [0.29, 0.717) is 18.1 Å². The lowest BCUT2D eigenvalue weighted by atomic mass is 10.5. The topological polar surface area (TPSA) is 49.4 Å². The van der Waals surface area contributed by atoms with E-state index in [-0.39, 0.29) is 18.5 Å². The van der Waals surface area contributed by atoms with Crippen molar-refractivity contribution in [1.29, 1.82) is 0 Å². The molecule has 1 rings (SSSR count). The molecule has 0 aliphatic carbocycles. The zero-order valence-electron chi connectivity index (χ0n) is 7.08. The van der Waals surface area contributed by atoms with Crippen LogP contribution >= 0.6 is 11.8 Å². The number of nitrogens with one attached hydrogen (secondary N) is 1. The van der Waals surface area contributed by atoms with Crippen LogP contribution in [-0.4, -0.2) is 41.4 Å². The molecule has 1 fully saturated rings. The Morgan fingerprint density at radius 1 is 1.62 bits per heavy atom. The van der Waals surface area contributed by atoms with Gasteiger partial charge in [-0.15, -0.1) is 18.2 Å². The Morgan fingerprint density at radius 3 is 2.92 bits per heavy atom. The number of hydrogen-bond acceptors (Lipinski definition) is 3. The second kappa shape index (κ2) is 4.77. The van der Waals surface area contributed by atoms with E-state index in [1.54, 1.807) is 0 Å². The molecule has 0 radical (unpaired) electrons. The van der Waals surface area contributed by atoms with Crippen LogP contribution in [0.3, 0.4) is 0 Å². The Balaban J connectivity index is 2.24. The fourth-order valence-corrected chi connectivity index (χ4v) is 1.54. The molecule has 0 aromatic heterocycles. The average molecular weight is 198 g/mol. The lowest BCUT2D eigenvalue weighted by Crippen LogP contribution is -2.32. The molecule has 4 nitrogen and oxygen atoms in total. The number of amides is 3. The van der Waals surface area contributed by atoms with E-state index in [1.807, 2.05) is 0 Å². The maximum atomic E-state index is 11.0. The van der Waals surface area contributed by atoms with Crippen molar-refractivity contribution in [3.05, 3.63) is 0 Å². The summed E-state index contributed by atoms with van der Waals surface area (Å²) >= 11 is 1.53. The van der Waals surface area contributed by atoms with Gasteiger partial charge in [-0.1, -0.05) is 5.92 Å². The minimum absolute atomic E-state index is 0.124. The summed E-state index contributed by atoms with van der Waals surface area (Å²) in [6, 6.07) is -0.300. The van der Waals surface area contributed by atoms with E-state index >= 15 is 0 Å². The van der Waals surface area contributed by atoms with E-state index < -0.39 is 0 Å². The Hall–Kier alpha value is -1.15. The van der Waals surface area contributed by atoms with Crippen LogP contribution in [0, 0.1) is 12.3 Å². The zero-order valence-corrected chi connectivity index (χ0v) is 7.89. The monoisotopic (exact) mass is 198 g/mol. The molecule has 0 atom stereocenters. The minimum atomic E-state index is -0.300. The molecule has 0 aromatic carbocycles. The number of terminal acetylenes is 1. The van der Waals surface area contributed by atoms with Crippen LogP contribution in [0.25, 0.3) is 0 Å². The average Bonchev–Trinajstić information content (AvgIpc) is 2.42. The molecule has 1 saturated heterocycles. The number of carbonyl (C=O) groups excluding carboxylic acids is 2. The standard InChI is InChI=1S/C8H10N2O2S/c1-2-4-13-5-3-10-7(11)6-9-8(10)12/h1H,3-6H2,(H,9,12). The van der Waals surface area contributed by atoms with Crippen molar-refractivity contribution in [2.24, 2.45) is 0 Å². The maximum Gasteiger partial charge on any atom is 0.324 e. The second-order valence-corrected chi connectivity index (χ2v) is 3.57. The summed E-state index contributed by atoms with van der Waals surface area (Å²) in [4.78, 5) is 23.2. The molecule has 13 heavy (non-hydrogen) atoms. The number of thioether (sulfide) groups is 1. The smallest absolute Gasteiger partial charge is 0.324 e. The summed E-state index contributed by atoms with van der Waals surface area (Å²) in [5.74, 6) is 3.63. The second-order valence-electron chi connectivity index (χ2n) is 2.46. The van der Waals surface area contributed by atoms with Crippen LogP contribution in [0.15, 0.2) is 0 Å². The van der Waals surface area contributed by atoms with Crippen LogP contribution in [0.5, 0.6) is 0 Å². The van der Waals surface area contributed by atoms with Gasteiger partial charge in [-0.2, -0.15) is 0 Å². The minimum Gasteiger partial charge on any atom is -0.329 e. The number of imide groups is 1. The molecule has 1 aliphatic heterocycles. The largest absolute Gasteiger partial charge is 0.329 e. The molecule has 5 heteroatoms. The van der Waals surface area contributed by atoms with E-state index in [4.69, 9.17) is 6.42 Å². The van der Waals surface area contributed by atoms with Gasteiger partial charge in [0.1, 0.15) is 0 Å². The molecule has 3 amide bonds. The van der Waals surface area contributed by atoms with Gasteiger partial charge >= 0.3 is 6.03 Å². The number of hydrogen-bond donors (Lipinski definition) is 1. The van der Waals surface area contributed by atoms with Crippen molar-refractivity contribution in [1.82, 2.24) is 10.2 Å². The van der Waals surface area contributed by atoms with Gasteiger partial charge in [0.25, 0.3) is 0 Å². The third-order valence-electron chi connectivity index (χ3n) is 1.58. The predicted molar refractivity (Wildman–Crippen MR) is 51.3 cm³/mol. The molecule has 0 unspecified atom stereocenters. The third kappa shape index (κ3) is 2.67. The van der Waals surface area contributed by atoms with E-state index in [9.17, 15) is 9.59 Å². The van der Waals surface area contributed by atoms with Crippen LogP contribution < -0.4 is 5.32 Å². The predicted octanol–water partition coefficient (Wildman–Crippen LogP) is -0.0954. The first-order valence-electron chi connectivity index (χ1n) is 3.85. The molecular formula is C8H10N2O2S. The van der Waals surface area contributed by atoms with Crippen molar-refractivity contribution in [3.8, 4) is 12.3 Å². The number of rotatable bonds is 4. The van der Waals surface area contributed by atoms with Gasteiger partial charge in [0, 0.05) is 12.3 Å². The Labute approximate surface area is 81.0 Å². The van der Waals surface area contributed by atoms with Gasteiger partial charge in [0.15, 0.2) is 0 Å². The summed E-state index contributed by atoms with van der Waals surface area (Å²) in [7, 11) is 0. The van der Waals surface area contributed by atoms with E-state index in [0.717, 1.165) is 0 Å². The van der Waals surface area contributed by atoms with Crippen molar-refractivity contribution in [2.75, 3.05) is 24.6 Å². The van der Waals surface area contributed by atoms with Crippen LogP contribution in [0.2, 0.25) is 0 Å². The Kier molecular flexibility index (Phi) is 3.65. The van der Waals surface area contributed by atoms with Crippen LogP contribution in [-0.2, 0) is 4.79 Å². The Morgan fingerprint density at radius 2 is 2.38 bits per heavy atom. The molecule has 0 aromatic rings. The summed E-state index contributed by atoms with van der Waals surface area (Å²) < 4.78 is 0. The molecular weight excluding hydrogens is 188 g/mol. The van der Waals surface area contributed by atoms with Crippen molar-refractivity contribution < 1.29 is 9.59 Å². The first-order chi connectivity index (χ1) is 6.25. The van der Waals surface area contributed by atoms with Gasteiger partial charge < -0.3 is 5.32 Å². The highest BCUT2D eigenvalue weighted by Gasteiger charge is 2.27. The highest BCUT2D eigenvalue weighted by Crippen LogP contribution is 2.03. The lowest BCUT2D eigenvalue weighted by molar-refractivity contribution is -0.124. The SMILES string of the molecule is C#CCSCCN1C(=O)CNC1=O. The van der Waals surface area contributed by atoms with Gasteiger partial charge in [-0.05, 0) is 0 Å². The molecule has 1 aliphatic rings. The lowest BCUT2D eigenvalue weighted by Gasteiger charge is -2.10. The van der Waals surface area contributed by atoms with Crippen molar-refractivity contribution >= 4 is 23.7 Å². The molecule has 0 bridgehead atoms. The first kappa shape index (κ1) is 9.93. The third-order valence-corrected chi connectivity index (χ3v) is 2.42. The van der Waals surface area contributed by atoms with E-state index in [1.165, 1.54) is 16.7 Å². The molecule has 70 valence electrons. The fourth-order valence-electron chi connectivity index (χ4n) is 0.969. The normalized spacial score (nSPS) is 15.8. The van der Waals surface area contributed by atoms with Crippen molar-refractivity contribution in [2.45, 2.75) is 0 Å². The highest BCUT2D eigenvalue weighted by atomic mass is 32.2. The Bertz CT molecular complexity index is 243. The van der Waals surface area contributed by atoms with Gasteiger partial charge in [0.05, 0.1) is 12.3 Å². The summed E-state index contributed by atoms with van der Waals surface area (Å²) in [6.45, 7) is 0.565. The molecule has 0 saturated carbocycles. The summed E-state index contributed by atoms with van der Waals surface area (Å²) in [5.41, 5.74) is 0. The zero-order chi connectivity index (χ0) is 9.68. The number of carbonyl (C=O) groups is 2. The van der Waals surface area contributed by atoms with E-state index in [2.05, 4.69) is 11.2 Å². The van der Waals surface area contributed by atoms with Gasteiger partial charge in [0.2, 0.25) is 5.91 Å². The summed E-state index contributed by atoms with van der Waals surface area (Å²) in [6.07, 6.45) is 5.05. The van der Waals surface area contributed by atoms with Crippen LogP contribution in [0.1, 0.15) is 0 Å². The molecule has 1 N–H and O–H groups in total. The number of urea groups is 1. The van der Waals surface area contributed by atoms with Crippen molar-refractivity contribution in [3.63, 3.8) is 0 Å². The van der Waals surface area contributed by atoms with Gasteiger partial charge in [-0.25, -0.2) is 4.79 Å². The molecule has 0 spiro atoms. The molecule has 1 heterocycles. The highest BCUT2D eigenvalue weighted by molar-refractivity contribution is 7.99.